The fraction of sp³-hybridized carbons (Fsp3) is 0.667. The SMILES string of the molecule is CC(C)(C)OC(=O)N1CCC(CNCCc2cccc(Br)n2)CC1. The summed E-state index contributed by atoms with van der Waals surface area (Å²) in [6, 6.07) is 6.00. The molecule has 0 aliphatic carbocycles. The molecular formula is C18H28BrN3O2. The molecule has 1 aliphatic rings. The van der Waals surface area contributed by atoms with Crippen molar-refractivity contribution in [2.45, 2.75) is 45.6 Å². The summed E-state index contributed by atoms with van der Waals surface area (Å²) in [5.74, 6) is 0.624. The van der Waals surface area contributed by atoms with Gasteiger partial charge in [0.2, 0.25) is 0 Å². The topological polar surface area (TPSA) is 54.5 Å². The van der Waals surface area contributed by atoms with Crippen LogP contribution in [0.1, 0.15) is 39.3 Å². The fourth-order valence-corrected chi connectivity index (χ4v) is 3.14. The van der Waals surface area contributed by atoms with Crippen molar-refractivity contribution < 1.29 is 9.53 Å². The zero-order valence-electron chi connectivity index (χ0n) is 14.8. The molecular weight excluding hydrogens is 370 g/mol. The molecule has 0 spiro atoms. The number of halogens is 1. The van der Waals surface area contributed by atoms with E-state index in [1.165, 1.54) is 0 Å². The average Bonchev–Trinajstić information content (AvgIpc) is 2.50. The molecule has 134 valence electrons. The molecule has 1 amide bonds. The highest BCUT2D eigenvalue weighted by Gasteiger charge is 2.26. The summed E-state index contributed by atoms with van der Waals surface area (Å²) in [5, 5.41) is 3.52. The van der Waals surface area contributed by atoms with E-state index in [9.17, 15) is 4.79 Å². The first kappa shape index (κ1) is 19.2. The number of nitrogens with one attached hydrogen (secondary N) is 1. The Balaban J connectivity index is 1.62. The van der Waals surface area contributed by atoms with E-state index in [1.807, 2.05) is 43.9 Å². The Morgan fingerprint density at radius 2 is 2.08 bits per heavy atom. The molecule has 1 fully saturated rings. The second-order valence-corrected chi connectivity index (χ2v) is 8.13. The first-order valence-corrected chi connectivity index (χ1v) is 9.43. The van der Waals surface area contributed by atoms with Crippen LogP contribution in [-0.4, -0.2) is 47.8 Å². The van der Waals surface area contributed by atoms with Gasteiger partial charge in [0.05, 0.1) is 0 Å². The van der Waals surface area contributed by atoms with E-state index in [0.29, 0.717) is 5.92 Å². The van der Waals surface area contributed by atoms with Crippen LogP contribution in [0.4, 0.5) is 4.79 Å². The summed E-state index contributed by atoms with van der Waals surface area (Å²) in [6.45, 7) is 9.21. The van der Waals surface area contributed by atoms with Crippen molar-refractivity contribution in [1.82, 2.24) is 15.2 Å². The standard InChI is InChI=1S/C18H28BrN3O2/c1-18(2,3)24-17(23)22-11-8-14(9-12-22)13-20-10-7-15-5-4-6-16(19)21-15/h4-6,14,20H,7-13H2,1-3H3. The van der Waals surface area contributed by atoms with Crippen molar-refractivity contribution in [3.05, 3.63) is 28.5 Å². The monoisotopic (exact) mass is 397 g/mol. The normalized spacial score (nSPS) is 16.2. The van der Waals surface area contributed by atoms with Gasteiger partial charge in [0.15, 0.2) is 0 Å². The first-order chi connectivity index (χ1) is 11.3. The molecule has 24 heavy (non-hydrogen) atoms. The van der Waals surface area contributed by atoms with E-state index in [4.69, 9.17) is 4.74 Å². The Hall–Kier alpha value is -1.14. The largest absolute Gasteiger partial charge is 0.444 e. The van der Waals surface area contributed by atoms with Crippen molar-refractivity contribution >= 4 is 22.0 Å². The number of hydrogen-bond acceptors (Lipinski definition) is 4. The molecule has 1 saturated heterocycles. The molecule has 6 heteroatoms. The molecule has 1 aliphatic heterocycles. The molecule has 0 saturated carbocycles. The molecule has 0 unspecified atom stereocenters. The van der Waals surface area contributed by atoms with Gasteiger partial charge in [-0.25, -0.2) is 9.78 Å². The quantitative estimate of drug-likeness (QED) is 0.608. The Bertz CT molecular complexity index is 537. The number of pyridine rings is 1. The number of likely N-dealkylation sites (tertiary alicyclic amines) is 1. The molecule has 0 aromatic carbocycles. The van der Waals surface area contributed by atoms with E-state index in [1.54, 1.807) is 0 Å². The van der Waals surface area contributed by atoms with Gasteiger partial charge >= 0.3 is 6.09 Å². The number of ether oxygens (including phenoxy) is 1. The van der Waals surface area contributed by atoms with Crippen molar-refractivity contribution in [2.24, 2.45) is 5.92 Å². The van der Waals surface area contributed by atoms with E-state index >= 15 is 0 Å². The lowest BCUT2D eigenvalue weighted by Crippen LogP contribution is -2.43. The van der Waals surface area contributed by atoms with Crippen LogP contribution < -0.4 is 5.32 Å². The third-order valence-corrected chi connectivity index (χ3v) is 4.47. The second kappa shape index (κ2) is 8.81. The minimum atomic E-state index is -0.421. The van der Waals surface area contributed by atoms with Crippen molar-refractivity contribution in [1.29, 1.82) is 0 Å². The minimum absolute atomic E-state index is 0.186. The van der Waals surface area contributed by atoms with Crippen LogP contribution in [0.2, 0.25) is 0 Å². The Morgan fingerprint density at radius 3 is 2.71 bits per heavy atom. The number of aromatic nitrogens is 1. The van der Waals surface area contributed by atoms with Gasteiger partial charge in [-0.15, -0.1) is 0 Å². The molecule has 1 N–H and O–H groups in total. The van der Waals surface area contributed by atoms with Gasteiger partial charge in [0, 0.05) is 31.7 Å². The number of carbonyl (C=O) groups is 1. The van der Waals surface area contributed by atoms with Crippen LogP contribution in [0.15, 0.2) is 22.8 Å². The lowest BCUT2D eigenvalue weighted by Gasteiger charge is -2.33. The van der Waals surface area contributed by atoms with Crippen molar-refractivity contribution in [3.63, 3.8) is 0 Å². The summed E-state index contributed by atoms with van der Waals surface area (Å²) in [5.41, 5.74) is 0.673. The highest BCUT2D eigenvalue weighted by Crippen LogP contribution is 2.19. The molecule has 2 rings (SSSR count). The predicted molar refractivity (Wildman–Crippen MR) is 99.0 cm³/mol. The number of nitrogens with zero attached hydrogens (tertiary/aromatic N) is 2. The number of amides is 1. The number of rotatable bonds is 5. The zero-order chi connectivity index (χ0) is 17.6. The smallest absolute Gasteiger partial charge is 0.410 e. The molecule has 2 heterocycles. The number of hydrogen-bond donors (Lipinski definition) is 1. The van der Waals surface area contributed by atoms with Gasteiger partial charge in [0.25, 0.3) is 0 Å². The fourth-order valence-electron chi connectivity index (χ4n) is 2.76. The maximum Gasteiger partial charge on any atom is 0.410 e. The lowest BCUT2D eigenvalue weighted by atomic mass is 9.97. The molecule has 5 nitrogen and oxygen atoms in total. The van der Waals surface area contributed by atoms with Crippen molar-refractivity contribution in [3.8, 4) is 0 Å². The lowest BCUT2D eigenvalue weighted by molar-refractivity contribution is 0.0184. The summed E-state index contributed by atoms with van der Waals surface area (Å²) >= 11 is 3.40. The maximum atomic E-state index is 12.0. The molecule has 1 aromatic heterocycles. The third kappa shape index (κ3) is 6.77. The van der Waals surface area contributed by atoms with E-state index in [2.05, 4.69) is 26.2 Å². The Kier molecular flexibility index (Phi) is 7.04. The van der Waals surface area contributed by atoms with E-state index < -0.39 is 5.60 Å². The Morgan fingerprint density at radius 1 is 1.38 bits per heavy atom. The summed E-state index contributed by atoms with van der Waals surface area (Å²) in [7, 11) is 0. The van der Waals surface area contributed by atoms with Gasteiger partial charge in [0.1, 0.15) is 10.2 Å². The van der Waals surface area contributed by atoms with Gasteiger partial charge in [-0.1, -0.05) is 6.07 Å². The zero-order valence-corrected chi connectivity index (χ0v) is 16.4. The first-order valence-electron chi connectivity index (χ1n) is 8.63. The molecule has 0 bridgehead atoms. The molecule has 0 atom stereocenters. The molecule has 0 radical (unpaired) electrons. The van der Waals surface area contributed by atoms with Crippen LogP contribution in [0.3, 0.4) is 0 Å². The average molecular weight is 398 g/mol. The summed E-state index contributed by atoms with van der Waals surface area (Å²) in [6.07, 6.45) is 2.80. The van der Waals surface area contributed by atoms with Gasteiger partial charge in [-0.3, -0.25) is 0 Å². The highest BCUT2D eigenvalue weighted by atomic mass is 79.9. The number of carbonyl (C=O) groups excluding carboxylic acids is 1. The highest BCUT2D eigenvalue weighted by molar-refractivity contribution is 9.10. The van der Waals surface area contributed by atoms with Gasteiger partial charge in [-0.2, -0.15) is 0 Å². The predicted octanol–water partition coefficient (Wildman–Crippen LogP) is 3.62. The van der Waals surface area contributed by atoms with E-state index in [0.717, 1.165) is 55.7 Å². The third-order valence-electron chi connectivity index (χ3n) is 4.03. The number of piperidine rings is 1. The maximum absolute atomic E-state index is 12.0. The van der Waals surface area contributed by atoms with Crippen LogP contribution in [0.5, 0.6) is 0 Å². The van der Waals surface area contributed by atoms with Crippen LogP contribution >= 0.6 is 15.9 Å². The summed E-state index contributed by atoms with van der Waals surface area (Å²) in [4.78, 5) is 18.3. The van der Waals surface area contributed by atoms with Crippen molar-refractivity contribution in [2.75, 3.05) is 26.2 Å². The van der Waals surface area contributed by atoms with Crippen LogP contribution in [-0.2, 0) is 11.2 Å². The van der Waals surface area contributed by atoms with E-state index in [-0.39, 0.29) is 6.09 Å². The van der Waals surface area contributed by atoms with Gasteiger partial charge in [-0.05, 0) is 74.1 Å². The van der Waals surface area contributed by atoms with Gasteiger partial charge < -0.3 is 15.0 Å². The minimum Gasteiger partial charge on any atom is -0.444 e. The second-order valence-electron chi connectivity index (χ2n) is 7.32. The Labute approximate surface area is 153 Å². The molecule has 1 aromatic rings. The summed E-state index contributed by atoms with van der Waals surface area (Å²) < 4.78 is 6.31. The van der Waals surface area contributed by atoms with Crippen LogP contribution in [0, 0.1) is 5.92 Å². The van der Waals surface area contributed by atoms with Crippen LogP contribution in [0.25, 0.3) is 0 Å².